The van der Waals surface area contributed by atoms with E-state index in [1.54, 1.807) is 0 Å². The predicted molar refractivity (Wildman–Crippen MR) is 96.6 cm³/mol. The molecule has 0 amide bonds. The summed E-state index contributed by atoms with van der Waals surface area (Å²) in [5.41, 5.74) is 3.27. The molecule has 0 aliphatic carbocycles. The van der Waals surface area contributed by atoms with Crippen LogP contribution in [0.2, 0.25) is 0 Å². The molecule has 0 radical (unpaired) electrons. The van der Waals surface area contributed by atoms with Crippen molar-refractivity contribution in [3.63, 3.8) is 0 Å². The van der Waals surface area contributed by atoms with E-state index in [4.69, 9.17) is 9.72 Å². The molecule has 122 valence electrons. The van der Waals surface area contributed by atoms with Crippen LogP contribution < -0.4 is 4.90 Å². The highest BCUT2D eigenvalue weighted by Crippen LogP contribution is 2.43. The second kappa shape index (κ2) is 5.53. The fourth-order valence-electron chi connectivity index (χ4n) is 3.97. The molecule has 0 N–H and O–H groups in total. The van der Waals surface area contributed by atoms with Gasteiger partial charge in [0.2, 0.25) is 0 Å². The number of aromatic nitrogens is 2. The third kappa shape index (κ3) is 2.23. The van der Waals surface area contributed by atoms with Crippen molar-refractivity contribution < 1.29 is 4.74 Å². The average Bonchev–Trinajstić information content (AvgIpc) is 3.13. The van der Waals surface area contributed by atoms with Crippen LogP contribution >= 0.6 is 11.3 Å². The van der Waals surface area contributed by atoms with Gasteiger partial charge < -0.3 is 9.64 Å². The van der Waals surface area contributed by atoms with Gasteiger partial charge in [-0.25, -0.2) is 4.98 Å². The number of piperidine rings is 1. The molecule has 2 aromatic heterocycles. The molecular weight excluding hydrogens is 318 g/mol. The molecule has 4 heterocycles. The first-order valence-corrected chi connectivity index (χ1v) is 9.40. The lowest BCUT2D eigenvalue weighted by Crippen LogP contribution is -2.46. The van der Waals surface area contributed by atoms with Crippen molar-refractivity contribution in [1.82, 2.24) is 9.97 Å². The van der Waals surface area contributed by atoms with Gasteiger partial charge in [-0.2, -0.15) is 0 Å². The monoisotopic (exact) mass is 337 g/mol. The van der Waals surface area contributed by atoms with E-state index in [0.717, 1.165) is 55.8 Å². The molecule has 0 unspecified atom stereocenters. The van der Waals surface area contributed by atoms with Crippen LogP contribution in [0.25, 0.3) is 11.0 Å². The summed E-state index contributed by atoms with van der Waals surface area (Å²) in [6.45, 7) is 2.77. The van der Waals surface area contributed by atoms with Gasteiger partial charge in [0.05, 0.1) is 29.4 Å². The fourth-order valence-corrected chi connectivity index (χ4v) is 4.92. The molecule has 2 aliphatic rings. The predicted octanol–water partition coefficient (Wildman–Crippen LogP) is 3.76. The topological polar surface area (TPSA) is 38.2 Å². The third-order valence-electron chi connectivity index (χ3n) is 5.27. The van der Waals surface area contributed by atoms with Gasteiger partial charge in [0.1, 0.15) is 5.82 Å². The highest BCUT2D eigenvalue weighted by molar-refractivity contribution is 7.10. The highest BCUT2D eigenvalue weighted by Gasteiger charge is 2.41. The molecule has 0 saturated carbocycles. The Morgan fingerprint density at radius 2 is 1.92 bits per heavy atom. The van der Waals surface area contributed by atoms with Crippen molar-refractivity contribution >= 4 is 28.2 Å². The van der Waals surface area contributed by atoms with E-state index in [1.807, 2.05) is 41.8 Å². The van der Waals surface area contributed by atoms with Crippen molar-refractivity contribution in [1.29, 1.82) is 0 Å². The Kier molecular flexibility index (Phi) is 3.31. The van der Waals surface area contributed by atoms with E-state index in [9.17, 15) is 0 Å². The van der Waals surface area contributed by atoms with Crippen LogP contribution in [-0.4, -0.2) is 29.7 Å². The zero-order valence-electron chi connectivity index (χ0n) is 13.4. The largest absolute Gasteiger partial charge is 0.370 e. The molecule has 1 fully saturated rings. The summed E-state index contributed by atoms with van der Waals surface area (Å²) in [4.78, 5) is 13.2. The molecule has 5 heteroatoms. The van der Waals surface area contributed by atoms with Crippen LogP contribution in [-0.2, 0) is 16.8 Å². The van der Waals surface area contributed by atoms with E-state index >= 15 is 0 Å². The number of ether oxygens (including phenoxy) is 1. The van der Waals surface area contributed by atoms with E-state index in [0.29, 0.717) is 0 Å². The van der Waals surface area contributed by atoms with Gasteiger partial charge in [-0.15, -0.1) is 11.3 Å². The van der Waals surface area contributed by atoms with Gasteiger partial charge in [0.15, 0.2) is 0 Å². The molecule has 1 spiro atoms. The Bertz CT molecular complexity index is 883. The average molecular weight is 337 g/mol. The molecule has 1 aromatic carbocycles. The Balaban J connectivity index is 1.40. The maximum absolute atomic E-state index is 6.29. The minimum absolute atomic E-state index is 0.0750. The van der Waals surface area contributed by atoms with Gasteiger partial charge in [0.25, 0.3) is 0 Å². The Hall–Kier alpha value is -1.98. The van der Waals surface area contributed by atoms with Crippen LogP contribution in [0.1, 0.15) is 23.3 Å². The summed E-state index contributed by atoms with van der Waals surface area (Å²) in [5, 5.41) is 2.21. The lowest BCUT2D eigenvalue weighted by atomic mass is 9.82. The van der Waals surface area contributed by atoms with E-state index < -0.39 is 0 Å². The summed E-state index contributed by atoms with van der Waals surface area (Å²) >= 11 is 1.88. The summed E-state index contributed by atoms with van der Waals surface area (Å²) in [7, 11) is 0. The van der Waals surface area contributed by atoms with Crippen molar-refractivity contribution in [2.24, 2.45) is 0 Å². The molecule has 5 rings (SSSR count). The van der Waals surface area contributed by atoms with Crippen molar-refractivity contribution in [3.05, 3.63) is 52.3 Å². The molecule has 0 bridgehead atoms. The standard InChI is InChI=1S/C19H19N3OS/c1-2-4-16-15(3-1)20-13-18(21-16)22-9-7-19(8-10-22)14-6-12-24-17(14)5-11-23-19/h1-4,6,12-13H,5,7-11H2. The SMILES string of the molecule is c1ccc2nc(N3CCC4(CC3)OCCc3sccc34)cnc2c1. The van der Waals surface area contributed by atoms with Crippen molar-refractivity contribution in [2.75, 3.05) is 24.6 Å². The molecule has 3 aromatic rings. The van der Waals surface area contributed by atoms with Crippen LogP contribution in [0.3, 0.4) is 0 Å². The maximum Gasteiger partial charge on any atom is 0.147 e. The van der Waals surface area contributed by atoms with Crippen molar-refractivity contribution in [3.8, 4) is 0 Å². The maximum atomic E-state index is 6.29. The van der Waals surface area contributed by atoms with Crippen LogP contribution in [0.4, 0.5) is 5.82 Å². The molecule has 24 heavy (non-hydrogen) atoms. The molecular formula is C19H19N3OS. The second-order valence-corrected chi connectivity index (χ2v) is 7.55. The molecule has 4 nitrogen and oxygen atoms in total. The summed E-state index contributed by atoms with van der Waals surface area (Å²) in [5.74, 6) is 0.977. The minimum Gasteiger partial charge on any atom is -0.370 e. The van der Waals surface area contributed by atoms with E-state index in [1.165, 1.54) is 10.4 Å². The van der Waals surface area contributed by atoms with Gasteiger partial charge in [0, 0.05) is 24.4 Å². The van der Waals surface area contributed by atoms with Crippen LogP contribution in [0, 0.1) is 0 Å². The molecule has 0 atom stereocenters. The lowest BCUT2D eigenvalue weighted by molar-refractivity contribution is -0.0757. The zero-order valence-corrected chi connectivity index (χ0v) is 14.3. The first-order valence-electron chi connectivity index (χ1n) is 8.52. The number of thiophene rings is 1. The molecule has 1 saturated heterocycles. The summed E-state index contributed by atoms with van der Waals surface area (Å²) < 4.78 is 6.29. The Morgan fingerprint density at radius 3 is 2.79 bits per heavy atom. The van der Waals surface area contributed by atoms with Gasteiger partial charge in [-0.05, 0) is 42.0 Å². The van der Waals surface area contributed by atoms with Crippen LogP contribution in [0.15, 0.2) is 41.9 Å². The Morgan fingerprint density at radius 1 is 1.08 bits per heavy atom. The quantitative estimate of drug-likeness (QED) is 0.678. The third-order valence-corrected chi connectivity index (χ3v) is 6.26. The number of benzene rings is 1. The number of hydrogen-bond acceptors (Lipinski definition) is 5. The normalized spacial score (nSPS) is 19.6. The first-order chi connectivity index (χ1) is 11.8. The number of fused-ring (bicyclic) bond motifs is 3. The number of anilines is 1. The first kappa shape index (κ1) is 14.4. The number of para-hydroxylation sites is 2. The number of nitrogens with zero attached hydrogens (tertiary/aromatic N) is 3. The number of rotatable bonds is 1. The van der Waals surface area contributed by atoms with Gasteiger partial charge in [-0.3, -0.25) is 4.98 Å². The smallest absolute Gasteiger partial charge is 0.147 e. The summed E-state index contributed by atoms with van der Waals surface area (Å²) in [6.07, 6.45) is 5.00. The van der Waals surface area contributed by atoms with E-state index in [-0.39, 0.29) is 5.60 Å². The highest BCUT2D eigenvalue weighted by atomic mass is 32.1. The van der Waals surface area contributed by atoms with Crippen molar-refractivity contribution in [2.45, 2.75) is 24.9 Å². The van der Waals surface area contributed by atoms with Gasteiger partial charge >= 0.3 is 0 Å². The van der Waals surface area contributed by atoms with Crippen LogP contribution in [0.5, 0.6) is 0 Å². The Labute approximate surface area is 145 Å². The van der Waals surface area contributed by atoms with Gasteiger partial charge in [-0.1, -0.05) is 12.1 Å². The second-order valence-electron chi connectivity index (χ2n) is 6.55. The lowest BCUT2D eigenvalue weighted by Gasteiger charge is -2.44. The summed E-state index contributed by atoms with van der Waals surface area (Å²) in [6, 6.07) is 10.3. The fraction of sp³-hybridized carbons (Fsp3) is 0.368. The zero-order chi connectivity index (χ0) is 16.0. The van der Waals surface area contributed by atoms with E-state index in [2.05, 4.69) is 21.3 Å². The number of hydrogen-bond donors (Lipinski definition) is 0. The minimum atomic E-state index is -0.0750. The molecule has 2 aliphatic heterocycles.